The quantitative estimate of drug-likeness (QED) is 0.611. The summed E-state index contributed by atoms with van der Waals surface area (Å²) in [6.45, 7) is 3.57. The lowest BCUT2D eigenvalue weighted by molar-refractivity contribution is 0.122. The van der Waals surface area contributed by atoms with Crippen LogP contribution in [0.1, 0.15) is 28.9 Å². The van der Waals surface area contributed by atoms with E-state index in [1.54, 1.807) is 0 Å². The number of hydrogen-bond donors (Lipinski definition) is 0. The predicted octanol–water partition coefficient (Wildman–Crippen LogP) is 4.45. The van der Waals surface area contributed by atoms with Gasteiger partial charge in [-0.2, -0.15) is 0 Å². The molecular weight excluding hydrogens is 370 g/mol. The van der Waals surface area contributed by atoms with Crippen molar-refractivity contribution in [3.05, 3.63) is 102 Å². The molecule has 2 fully saturated rings. The molecule has 0 aromatic heterocycles. The van der Waals surface area contributed by atoms with Gasteiger partial charge in [-0.1, -0.05) is 72.8 Å². The summed E-state index contributed by atoms with van der Waals surface area (Å²) < 4.78 is 5.49. The summed E-state index contributed by atoms with van der Waals surface area (Å²) in [7, 11) is 0. The Morgan fingerprint density at radius 1 is 0.700 bits per heavy atom. The zero-order valence-electron chi connectivity index (χ0n) is 16.9. The molecule has 3 aromatic carbocycles. The third-order valence-electron chi connectivity index (χ3n) is 6.45. The maximum Gasteiger partial charge on any atom is 0.129 e. The Balaban J connectivity index is 1.31. The molecule has 4 unspecified atom stereocenters. The van der Waals surface area contributed by atoms with Crippen LogP contribution < -0.4 is 4.90 Å². The van der Waals surface area contributed by atoms with Crippen LogP contribution in [0.5, 0.6) is 0 Å². The molecule has 3 aromatic rings. The highest BCUT2D eigenvalue weighted by Gasteiger charge is 2.59. The van der Waals surface area contributed by atoms with Gasteiger partial charge in [0.05, 0.1) is 31.0 Å². The van der Waals surface area contributed by atoms with Crippen LogP contribution in [0.15, 0.2) is 89.9 Å². The Morgan fingerprint density at radius 2 is 1.37 bits per heavy atom. The Kier molecular flexibility index (Phi) is 4.40. The van der Waals surface area contributed by atoms with Crippen molar-refractivity contribution in [3.8, 4) is 0 Å². The fraction of sp³-hybridized carbons (Fsp3) is 0.269. The zero-order chi connectivity index (χ0) is 19.9. The highest BCUT2D eigenvalue weighted by Crippen LogP contribution is 2.55. The summed E-state index contributed by atoms with van der Waals surface area (Å²) in [6.07, 6.45) is 0.0929. The monoisotopic (exact) mass is 395 g/mol. The van der Waals surface area contributed by atoms with Gasteiger partial charge >= 0.3 is 0 Å². The first kappa shape index (κ1) is 17.9. The summed E-state index contributed by atoms with van der Waals surface area (Å²) in [5, 5.41) is 0. The highest BCUT2D eigenvalue weighted by atomic mass is 16.5. The van der Waals surface area contributed by atoms with Crippen LogP contribution in [0.25, 0.3) is 0 Å². The molecule has 0 bridgehead atoms. The second-order valence-corrected chi connectivity index (χ2v) is 8.19. The average molecular weight is 396 g/mol. The molecule has 2 saturated heterocycles. The van der Waals surface area contributed by atoms with Crippen molar-refractivity contribution in [2.24, 2.45) is 4.99 Å². The molecule has 150 valence electrons. The number of morpholine rings is 1. The minimum absolute atomic E-state index is 0.0929. The molecule has 6 rings (SSSR count). The standard InChI is InChI=1S/C26H25N3O/c1-3-7-19(8-4-1)23-25-24(29(25)26(27-23)21-9-5-2-6-10-21)20-11-13-22(14-12-20)28-15-17-30-18-16-28/h1-14,24-26H,15-18H2. The first-order valence-electron chi connectivity index (χ1n) is 10.8. The summed E-state index contributed by atoms with van der Waals surface area (Å²) in [5.41, 5.74) is 6.38. The van der Waals surface area contributed by atoms with E-state index in [1.165, 1.54) is 28.1 Å². The lowest BCUT2D eigenvalue weighted by Crippen LogP contribution is -2.36. The van der Waals surface area contributed by atoms with E-state index in [-0.39, 0.29) is 6.17 Å². The van der Waals surface area contributed by atoms with Gasteiger partial charge in [0.2, 0.25) is 0 Å². The molecule has 0 aliphatic carbocycles. The van der Waals surface area contributed by atoms with E-state index in [4.69, 9.17) is 9.73 Å². The fourth-order valence-corrected chi connectivity index (χ4v) is 4.90. The first-order chi connectivity index (χ1) is 14.9. The molecule has 4 nitrogen and oxygen atoms in total. The third kappa shape index (κ3) is 3.04. The van der Waals surface area contributed by atoms with Crippen LogP contribution in [0, 0.1) is 0 Å². The summed E-state index contributed by atoms with van der Waals surface area (Å²) in [4.78, 5) is 10.1. The topological polar surface area (TPSA) is 27.8 Å². The van der Waals surface area contributed by atoms with Gasteiger partial charge < -0.3 is 9.64 Å². The van der Waals surface area contributed by atoms with E-state index >= 15 is 0 Å². The highest BCUT2D eigenvalue weighted by molar-refractivity contribution is 6.08. The van der Waals surface area contributed by atoms with Crippen LogP contribution in [0.3, 0.4) is 0 Å². The molecule has 0 saturated carbocycles. The Labute approximate surface area is 177 Å². The number of ether oxygens (including phenoxy) is 1. The molecule has 4 heteroatoms. The van der Waals surface area contributed by atoms with Crippen molar-refractivity contribution in [3.63, 3.8) is 0 Å². The Hall–Kier alpha value is -2.95. The lowest BCUT2D eigenvalue weighted by atomic mass is 10.0. The van der Waals surface area contributed by atoms with Crippen LogP contribution in [-0.2, 0) is 4.74 Å². The van der Waals surface area contributed by atoms with Gasteiger partial charge in [0.1, 0.15) is 6.17 Å². The maximum absolute atomic E-state index is 5.49. The van der Waals surface area contributed by atoms with Crippen molar-refractivity contribution >= 4 is 11.4 Å². The van der Waals surface area contributed by atoms with Crippen LogP contribution in [0.4, 0.5) is 5.69 Å². The van der Waals surface area contributed by atoms with Crippen LogP contribution in [0.2, 0.25) is 0 Å². The van der Waals surface area contributed by atoms with E-state index in [0.29, 0.717) is 12.1 Å². The third-order valence-corrected chi connectivity index (χ3v) is 6.45. The van der Waals surface area contributed by atoms with Gasteiger partial charge in [-0.3, -0.25) is 9.89 Å². The molecule has 30 heavy (non-hydrogen) atoms. The van der Waals surface area contributed by atoms with Crippen LogP contribution >= 0.6 is 0 Å². The van der Waals surface area contributed by atoms with Gasteiger partial charge in [-0.05, 0) is 28.8 Å². The SMILES string of the molecule is c1ccc(C2=NC(c3ccccc3)N3C2C3c2ccc(N3CCOCC3)cc2)cc1. The summed E-state index contributed by atoms with van der Waals surface area (Å²) in [6, 6.07) is 31.2. The van der Waals surface area contributed by atoms with Crippen molar-refractivity contribution in [1.29, 1.82) is 0 Å². The minimum Gasteiger partial charge on any atom is -0.378 e. The van der Waals surface area contributed by atoms with E-state index in [1.807, 2.05) is 0 Å². The van der Waals surface area contributed by atoms with Crippen molar-refractivity contribution in [1.82, 2.24) is 4.90 Å². The Morgan fingerprint density at radius 3 is 2.07 bits per heavy atom. The smallest absolute Gasteiger partial charge is 0.129 e. The molecule has 0 spiro atoms. The summed E-state index contributed by atoms with van der Waals surface area (Å²) in [5.74, 6) is 0. The molecule has 0 radical (unpaired) electrons. The number of fused-ring (bicyclic) bond motifs is 1. The van der Waals surface area contributed by atoms with Crippen molar-refractivity contribution in [2.45, 2.75) is 18.2 Å². The average Bonchev–Trinajstić information content (AvgIpc) is 3.44. The first-order valence-corrected chi connectivity index (χ1v) is 10.8. The molecule has 0 amide bonds. The number of aliphatic imine (C=N–C) groups is 1. The van der Waals surface area contributed by atoms with Crippen LogP contribution in [-0.4, -0.2) is 43.0 Å². The summed E-state index contributed by atoms with van der Waals surface area (Å²) >= 11 is 0. The maximum atomic E-state index is 5.49. The number of anilines is 1. The molecule has 0 N–H and O–H groups in total. The second-order valence-electron chi connectivity index (χ2n) is 8.19. The molecule has 3 aliphatic heterocycles. The zero-order valence-corrected chi connectivity index (χ0v) is 16.9. The van der Waals surface area contributed by atoms with E-state index < -0.39 is 0 Å². The Bertz CT molecular complexity index is 1040. The van der Waals surface area contributed by atoms with E-state index in [9.17, 15) is 0 Å². The number of benzene rings is 3. The van der Waals surface area contributed by atoms with Gasteiger partial charge in [0, 0.05) is 18.8 Å². The number of hydrogen-bond acceptors (Lipinski definition) is 4. The molecule has 3 aliphatic rings. The number of rotatable bonds is 4. The van der Waals surface area contributed by atoms with Gasteiger partial charge in [-0.15, -0.1) is 0 Å². The molecular formula is C26H25N3O. The fourth-order valence-electron chi connectivity index (χ4n) is 4.90. The number of nitrogens with zero attached hydrogens (tertiary/aromatic N) is 3. The minimum atomic E-state index is 0.0929. The van der Waals surface area contributed by atoms with E-state index in [2.05, 4.69) is 94.7 Å². The normalized spacial score (nSPS) is 27.5. The second kappa shape index (κ2) is 7.38. The van der Waals surface area contributed by atoms with Gasteiger partial charge in [0.25, 0.3) is 0 Å². The largest absolute Gasteiger partial charge is 0.378 e. The van der Waals surface area contributed by atoms with Crippen molar-refractivity contribution in [2.75, 3.05) is 31.2 Å². The van der Waals surface area contributed by atoms with E-state index in [0.717, 1.165) is 26.3 Å². The lowest BCUT2D eigenvalue weighted by Gasteiger charge is -2.29. The predicted molar refractivity (Wildman–Crippen MR) is 120 cm³/mol. The van der Waals surface area contributed by atoms with Crippen molar-refractivity contribution < 1.29 is 4.74 Å². The van der Waals surface area contributed by atoms with Gasteiger partial charge in [0.15, 0.2) is 0 Å². The van der Waals surface area contributed by atoms with Gasteiger partial charge in [-0.25, -0.2) is 0 Å². The molecule has 4 atom stereocenters. The molecule has 3 heterocycles.